The molecule has 14 heterocycles. The van der Waals surface area contributed by atoms with E-state index in [1.54, 1.807) is 17.1 Å². The first-order valence-electron chi connectivity index (χ1n) is 32.5. The summed E-state index contributed by atoms with van der Waals surface area (Å²) in [5, 5.41) is 6.89. The Balaban J connectivity index is 0.000000304. The molecular weight excluding hydrogens is 1500 g/mol. The van der Waals surface area contributed by atoms with Gasteiger partial charge in [-0.1, -0.05) is 88.3 Å². The average Bonchev–Trinajstić information content (AvgIpc) is 1.62. The molecule has 4 atom stereocenters. The number of aryl methyl sites for hydroxylation is 9. The van der Waals surface area contributed by atoms with Crippen LogP contribution in [0.25, 0.3) is 102 Å². The fourth-order valence-corrected chi connectivity index (χ4v) is 14.8. The molecule has 0 saturated heterocycles. The summed E-state index contributed by atoms with van der Waals surface area (Å²) in [4.78, 5) is 90.6. The maximum absolute atomic E-state index is 11.4. The van der Waals surface area contributed by atoms with Gasteiger partial charge in [0.1, 0.15) is 63.3 Å². The van der Waals surface area contributed by atoms with Crippen molar-refractivity contribution >= 4 is 122 Å². The van der Waals surface area contributed by atoms with E-state index in [2.05, 4.69) is 119 Å². The molecular formula is C77H104N25O3S4V-. The summed E-state index contributed by atoms with van der Waals surface area (Å²) in [6.45, 7) is 18.5. The smallest absolute Gasteiger partial charge is 0.361 e. The minimum Gasteiger partial charge on any atom is -0.466 e. The number of nitrogens with one attached hydrogen (secondary N) is 3. The van der Waals surface area contributed by atoms with Crippen LogP contribution in [0.5, 0.6) is 6.01 Å². The van der Waals surface area contributed by atoms with Crippen molar-refractivity contribution in [3.8, 4) is 63.7 Å². The predicted molar refractivity (Wildman–Crippen MR) is 460 cm³/mol. The van der Waals surface area contributed by atoms with Gasteiger partial charge < -0.3 is 36.2 Å². The minimum absolute atomic E-state index is 0. The Labute approximate surface area is 666 Å². The van der Waals surface area contributed by atoms with Crippen molar-refractivity contribution in [1.82, 2.24) is 113 Å². The van der Waals surface area contributed by atoms with Gasteiger partial charge in [0.15, 0.2) is 57.5 Å². The van der Waals surface area contributed by atoms with Crippen LogP contribution in [0.2, 0.25) is 0 Å². The minimum atomic E-state index is -0.690. The average molecular weight is 1610 g/mol. The van der Waals surface area contributed by atoms with Gasteiger partial charge in [-0.25, -0.2) is 79.2 Å². The van der Waals surface area contributed by atoms with Crippen molar-refractivity contribution in [1.29, 1.82) is 0 Å². The normalized spacial score (nSPS) is 11.7. The van der Waals surface area contributed by atoms with Crippen molar-refractivity contribution in [3.05, 3.63) is 156 Å². The number of amides is 2. The molecule has 2 amide bonds. The number of pyridine rings is 8. The molecule has 0 aromatic carbocycles. The monoisotopic (exact) mass is 1610 g/mol. The molecule has 14 aromatic rings. The number of anilines is 1. The summed E-state index contributed by atoms with van der Waals surface area (Å²) in [5.41, 5.74) is 24.8. The first-order chi connectivity index (χ1) is 49.4. The van der Waals surface area contributed by atoms with Gasteiger partial charge in [0.25, 0.3) is 0 Å². The summed E-state index contributed by atoms with van der Waals surface area (Å²) in [5.74, 6) is 25.5. The zero-order valence-electron chi connectivity index (χ0n) is 61.3. The Morgan fingerprint density at radius 2 is 0.827 bits per heavy atom. The van der Waals surface area contributed by atoms with Gasteiger partial charge >= 0.3 is 17.7 Å². The number of carbonyl (C=O) groups excluding carboxylic acids is 1. The van der Waals surface area contributed by atoms with E-state index in [4.69, 9.17) is 45.4 Å². The molecule has 0 saturated carbocycles. The quantitative estimate of drug-likeness (QED) is 0.0374. The third kappa shape index (κ3) is 19.7. The maximum atomic E-state index is 11.4. The zero-order valence-corrected chi connectivity index (χ0v) is 66.0. The second-order valence-electron chi connectivity index (χ2n) is 23.7. The van der Waals surface area contributed by atoms with Crippen molar-refractivity contribution in [2.24, 2.45) is 33.9 Å². The number of hydrazine groups is 1. The number of urea groups is 1. The van der Waals surface area contributed by atoms with Crippen LogP contribution in [0.4, 0.5) is 10.6 Å². The molecule has 110 heavy (non-hydrogen) atoms. The molecule has 14 rings (SSSR count). The summed E-state index contributed by atoms with van der Waals surface area (Å²) in [7, 11) is 8.57. The van der Waals surface area contributed by atoms with Crippen LogP contribution in [0.1, 0.15) is 92.8 Å². The SMILES string of the molecule is C.C.C.C.C.C=S(CC)c1ccc(-n2cnc(=O)[nH]2)nc1-c1nc2cc(C)cnc2n1C.C=S(CC)c1ccc(-n2cnc(OC)n2)nc1-c1nc2cc(C)cnc2n1C.C=S(CC)c1ccc(C)nc1-c1nc2cc(C)cnc2n1C.C=S(CC)c1ccc(NNC(N)=O)nc1-c1nc2cc(C)cnc2n1C.[CH3-].[V]. The van der Waals surface area contributed by atoms with Crippen LogP contribution in [-0.4, -0.2) is 167 Å². The Bertz CT molecular complexity index is 5710. The Kier molecular flexibility index (Phi) is 33.2. The van der Waals surface area contributed by atoms with E-state index in [0.29, 0.717) is 35.0 Å². The van der Waals surface area contributed by atoms with Crippen molar-refractivity contribution in [3.63, 3.8) is 0 Å². The molecule has 0 fully saturated rings. The summed E-state index contributed by atoms with van der Waals surface area (Å²) in [6, 6.07) is 23.4. The molecule has 0 aliphatic heterocycles. The molecule has 0 aliphatic carbocycles. The second kappa shape index (κ2) is 39.7. The van der Waals surface area contributed by atoms with Crippen LogP contribution >= 0.6 is 41.9 Å². The van der Waals surface area contributed by atoms with E-state index < -0.39 is 11.7 Å². The number of fused-ring (bicyclic) bond motifs is 4. The third-order valence-electron chi connectivity index (χ3n) is 16.4. The maximum Gasteiger partial charge on any atom is 0.361 e. The number of ether oxygens (including phenoxy) is 1. The van der Waals surface area contributed by atoms with Crippen LogP contribution < -0.4 is 27.0 Å². The first-order valence-corrected chi connectivity index (χ1v) is 38.8. The number of imidazole rings is 4. The number of carbonyl (C=O) groups is 1. The third-order valence-corrected chi connectivity index (χ3v) is 23.0. The Morgan fingerprint density at radius 3 is 1.17 bits per heavy atom. The van der Waals surface area contributed by atoms with Crippen LogP contribution in [0.15, 0.2) is 135 Å². The Hall–Kier alpha value is -10.5. The van der Waals surface area contributed by atoms with E-state index in [1.807, 2.05) is 160 Å². The molecule has 0 bridgehead atoms. The predicted octanol–water partition coefficient (Wildman–Crippen LogP) is 15.1. The fourth-order valence-electron chi connectivity index (χ4n) is 10.9. The molecule has 0 spiro atoms. The van der Waals surface area contributed by atoms with Crippen LogP contribution in [0, 0.1) is 42.0 Å². The standard InChI is InChI=1S/C19H21N7OS.C18H19N7OS.C17H21N7OS.C17H20N4S.5CH4.CH3.V/c1-6-28(5)14-7-8-15(26-11-21-19(24-26)27-4)23-16(14)18-22-13-9-12(2)10-20-17(13)25(18)3;1-5-27(4)13-6-7-14(25-10-20-18(26)23-25)22-15(13)17-21-12-8-11(2)9-19-16(12)24(17)3;1-5-26(4)12-6-7-13(22-23-17(18)25)21-14(12)16-20-11-8-10(2)9-19-15(11)24(16)3;1-6-22(5)14-8-7-12(3)19-15(14)17-20-13-9-11(2)10-18-16(13)21(17)4;;;;;;;/h7-11H,5-6H2,1-4H3;6-10H,4-5H2,1-3H3,(H,23,26);6-9H,4-5H2,1-3H3,(H,21,22)(H3,18,23,25);7-10H,5-6H2,1-4H3;5*1H4;1H3;/q;;;;;;;;;-1;. The van der Waals surface area contributed by atoms with E-state index >= 15 is 0 Å². The number of rotatable bonds is 17. The fraction of sp³-hybridized carbons (Fsp3) is 0.299. The number of nitrogens with two attached hydrogens (primary N) is 1. The molecule has 0 aliphatic rings. The van der Waals surface area contributed by atoms with Crippen molar-refractivity contribution in [2.45, 2.75) is 119 Å². The number of H-pyrrole nitrogens is 1. The number of aromatic nitrogens is 22. The van der Waals surface area contributed by atoms with E-state index in [1.165, 1.54) is 23.0 Å². The summed E-state index contributed by atoms with van der Waals surface area (Å²) in [6.07, 6.45) is 10.3. The van der Waals surface area contributed by atoms with E-state index in [0.717, 1.165) is 145 Å². The van der Waals surface area contributed by atoms with E-state index in [-0.39, 0.29) is 105 Å². The molecule has 28 nitrogen and oxygen atoms in total. The number of methoxy groups -OCH3 is 1. The molecule has 14 aromatic heterocycles. The van der Waals surface area contributed by atoms with Gasteiger partial charge in [0.05, 0.1) is 7.11 Å². The van der Waals surface area contributed by atoms with Crippen LogP contribution in [-0.2, 0) is 46.7 Å². The molecule has 5 N–H and O–H groups in total. The van der Waals surface area contributed by atoms with Crippen LogP contribution in [0.3, 0.4) is 0 Å². The van der Waals surface area contributed by atoms with Gasteiger partial charge in [0.2, 0.25) is 0 Å². The number of hydrogen-bond acceptors (Lipinski definition) is 19. The van der Waals surface area contributed by atoms with Gasteiger partial charge in [-0.05, 0) is 153 Å². The molecule has 585 valence electrons. The number of primary amides is 1. The molecule has 33 heteroatoms. The van der Waals surface area contributed by atoms with Gasteiger partial charge in [-0.3, -0.25) is 10.9 Å². The zero-order chi connectivity index (χ0) is 73.7. The first kappa shape index (κ1) is 91.9. The van der Waals surface area contributed by atoms with Gasteiger partial charge in [-0.15, -0.1) is 5.10 Å². The topological polar surface area (TPSA) is 332 Å². The summed E-state index contributed by atoms with van der Waals surface area (Å²) < 4.78 is 16.0. The number of hydrogen-bond donors (Lipinski definition) is 4. The van der Waals surface area contributed by atoms with Gasteiger partial charge in [0, 0.05) is 96.8 Å². The number of nitrogens with zero attached hydrogens (tertiary/aromatic N) is 21. The van der Waals surface area contributed by atoms with Crippen molar-refractivity contribution < 1.29 is 28.1 Å². The van der Waals surface area contributed by atoms with Gasteiger partial charge in [-0.2, -0.15) is 56.6 Å². The largest absolute Gasteiger partial charge is 0.466 e. The number of aromatic amines is 1. The Morgan fingerprint density at radius 1 is 0.482 bits per heavy atom. The van der Waals surface area contributed by atoms with Crippen molar-refractivity contribution in [2.75, 3.05) is 35.5 Å². The van der Waals surface area contributed by atoms with E-state index in [9.17, 15) is 9.59 Å². The second-order valence-corrected chi connectivity index (χ2v) is 31.7. The molecule has 4 unspecified atom stereocenters. The summed E-state index contributed by atoms with van der Waals surface area (Å²) >= 11 is 0. The molecule has 1 radical (unpaired) electrons.